The second kappa shape index (κ2) is 6.11. The largest absolute Gasteiger partial charge is 0.497 e. The maximum absolute atomic E-state index is 5.35. The van der Waals surface area contributed by atoms with Crippen LogP contribution >= 0.6 is 0 Å². The molecule has 1 aliphatic heterocycles. The Hall–Kier alpha value is -2.63. The maximum Gasteiger partial charge on any atom is 0.226 e. The molecule has 0 radical (unpaired) electrons. The number of H-pyrrole nitrogens is 1. The van der Waals surface area contributed by atoms with E-state index in [2.05, 4.69) is 50.2 Å². The molecule has 1 aliphatic rings. The molecular formula is C18H21N5O. The first-order chi connectivity index (χ1) is 11.7. The van der Waals surface area contributed by atoms with Gasteiger partial charge in [-0.15, -0.1) is 0 Å². The molecule has 0 amide bonds. The van der Waals surface area contributed by atoms with Crippen LogP contribution in [-0.2, 0) is 0 Å². The van der Waals surface area contributed by atoms with E-state index in [1.807, 2.05) is 12.3 Å². The summed E-state index contributed by atoms with van der Waals surface area (Å²) in [5, 5.41) is 6.90. The molecule has 2 aromatic heterocycles. The van der Waals surface area contributed by atoms with Gasteiger partial charge in [0.2, 0.25) is 5.95 Å². The molecule has 0 spiro atoms. The van der Waals surface area contributed by atoms with Crippen molar-refractivity contribution >= 4 is 17.0 Å². The van der Waals surface area contributed by atoms with E-state index in [0.717, 1.165) is 42.2 Å². The summed E-state index contributed by atoms with van der Waals surface area (Å²) in [6.07, 6.45) is 4.70. The number of anilines is 1. The van der Waals surface area contributed by atoms with Crippen LogP contribution in [0, 0.1) is 5.92 Å². The number of aromatic nitrogens is 4. The molecule has 4 rings (SSSR count). The van der Waals surface area contributed by atoms with Crippen LogP contribution in [0.3, 0.4) is 0 Å². The average molecular weight is 323 g/mol. The van der Waals surface area contributed by atoms with Crippen molar-refractivity contribution in [2.75, 3.05) is 25.1 Å². The molecule has 3 heterocycles. The zero-order valence-corrected chi connectivity index (χ0v) is 13.9. The first-order valence-electron chi connectivity index (χ1n) is 8.29. The number of aromatic amines is 1. The van der Waals surface area contributed by atoms with Crippen molar-refractivity contribution in [3.8, 4) is 5.75 Å². The molecule has 2 unspecified atom stereocenters. The summed E-state index contributed by atoms with van der Waals surface area (Å²) in [4.78, 5) is 11.4. The Bertz CT molecular complexity index is 846. The lowest BCUT2D eigenvalue weighted by Gasteiger charge is -2.21. The molecule has 1 N–H and O–H groups in total. The van der Waals surface area contributed by atoms with Gasteiger partial charge < -0.3 is 9.64 Å². The molecule has 6 heteroatoms. The van der Waals surface area contributed by atoms with Gasteiger partial charge in [0.1, 0.15) is 16.8 Å². The minimum absolute atomic E-state index is 0.475. The second-order valence-electron chi connectivity index (χ2n) is 6.40. The van der Waals surface area contributed by atoms with Gasteiger partial charge in [0, 0.05) is 13.1 Å². The topological polar surface area (TPSA) is 66.9 Å². The van der Waals surface area contributed by atoms with Gasteiger partial charge in [-0.1, -0.05) is 19.1 Å². The van der Waals surface area contributed by atoms with Crippen LogP contribution in [-0.4, -0.2) is 40.4 Å². The van der Waals surface area contributed by atoms with Crippen LogP contribution in [0.2, 0.25) is 0 Å². The Labute approximate surface area is 140 Å². The molecule has 1 aromatic carbocycles. The number of hydrogen-bond acceptors (Lipinski definition) is 5. The fourth-order valence-corrected chi connectivity index (χ4v) is 3.46. The Kier molecular flexibility index (Phi) is 3.80. The van der Waals surface area contributed by atoms with Crippen molar-refractivity contribution in [3.05, 3.63) is 42.2 Å². The minimum atomic E-state index is 0.475. The van der Waals surface area contributed by atoms with Crippen LogP contribution in [0.5, 0.6) is 5.75 Å². The van der Waals surface area contributed by atoms with Gasteiger partial charge in [-0.2, -0.15) is 5.10 Å². The number of nitrogens with one attached hydrogen (secondary N) is 1. The summed E-state index contributed by atoms with van der Waals surface area (Å²) < 4.78 is 5.35. The van der Waals surface area contributed by atoms with Crippen molar-refractivity contribution in [1.82, 2.24) is 20.2 Å². The predicted octanol–water partition coefficient (Wildman–Crippen LogP) is 2.99. The third-order valence-electron chi connectivity index (χ3n) is 5.01. The summed E-state index contributed by atoms with van der Waals surface area (Å²) in [6, 6.07) is 8.38. The van der Waals surface area contributed by atoms with Crippen LogP contribution in [0.25, 0.3) is 11.0 Å². The molecule has 0 bridgehead atoms. The van der Waals surface area contributed by atoms with Gasteiger partial charge in [0.25, 0.3) is 0 Å². The molecule has 1 fully saturated rings. The smallest absolute Gasteiger partial charge is 0.226 e. The summed E-state index contributed by atoms with van der Waals surface area (Å²) in [5.41, 5.74) is 3.07. The highest BCUT2D eigenvalue weighted by Crippen LogP contribution is 2.34. The fraction of sp³-hybridized carbons (Fsp3) is 0.389. The van der Waals surface area contributed by atoms with Crippen molar-refractivity contribution < 1.29 is 4.74 Å². The SMILES string of the molecule is COc1cccc(C(C)C2CCN(c3ncc4[nH]ncc4n3)C2)c1. The van der Waals surface area contributed by atoms with Gasteiger partial charge in [-0.3, -0.25) is 5.10 Å². The van der Waals surface area contributed by atoms with E-state index in [0.29, 0.717) is 11.8 Å². The summed E-state index contributed by atoms with van der Waals surface area (Å²) >= 11 is 0. The summed E-state index contributed by atoms with van der Waals surface area (Å²) in [6.45, 7) is 4.26. The Morgan fingerprint density at radius 3 is 3.12 bits per heavy atom. The average Bonchev–Trinajstić information content (AvgIpc) is 3.29. The van der Waals surface area contributed by atoms with Crippen molar-refractivity contribution in [2.45, 2.75) is 19.3 Å². The van der Waals surface area contributed by atoms with E-state index in [-0.39, 0.29) is 0 Å². The number of benzene rings is 1. The van der Waals surface area contributed by atoms with Gasteiger partial charge in [-0.05, 0) is 36.0 Å². The third-order valence-corrected chi connectivity index (χ3v) is 5.01. The Morgan fingerprint density at radius 2 is 2.25 bits per heavy atom. The molecule has 3 aromatic rings. The van der Waals surface area contributed by atoms with Crippen molar-refractivity contribution in [1.29, 1.82) is 0 Å². The van der Waals surface area contributed by atoms with E-state index in [1.54, 1.807) is 13.3 Å². The zero-order chi connectivity index (χ0) is 16.5. The van der Waals surface area contributed by atoms with E-state index < -0.39 is 0 Å². The molecule has 24 heavy (non-hydrogen) atoms. The lowest BCUT2D eigenvalue weighted by Crippen LogP contribution is -2.23. The molecule has 1 saturated heterocycles. The predicted molar refractivity (Wildman–Crippen MR) is 93.4 cm³/mol. The molecule has 0 saturated carbocycles. The molecule has 2 atom stereocenters. The number of hydrogen-bond donors (Lipinski definition) is 1. The number of rotatable bonds is 4. The van der Waals surface area contributed by atoms with Crippen LogP contribution in [0.15, 0.2) is 36.7 Å². The van der Waals surface area contributed by atoms with E-state index >= 15 is 0 Å². The lowest BCUT2D eigenvalue weighted by atomic mass is 9.87. The summed E-state index contributed by atoms with van der Waals surface area (Å²) in [5.74, 6) is 2.77. The number of nitrogens with zero attached hydrogens (tertiary/aromatic N) is 4. The van der Waals surface area contributed by atoms with Gasteiger partial charge in [0.15, 0.2) is 0 Å². The van der Waals surface area contributed by atoms with Crippen LogP contribution in [0.1, 0.15) is 24.8 Å². The Balaban J connectivity index is 1.50. The highest BCUT2D eigenvalue weighted by Gasteiger charge is 2.29. The quantitative estimate of drug-likeness (QED) is 0.799. The van der Waals surface area contributed by atoms with Crippen LogP contribution in [0.4, 0.5) is 5.95 Å². The third kappa shape index (κ3) is 2.68. The number of ether oxygens (including phenoxy) is 1. The normalized spacial score (nSPS) is 18.9. The van der Waals surface area contributed by atoms with Crippen LogP contribution < -0.4 is 9.64 Å². The minimum Gasteiger partial charge on any atom is -0.497 e. The first kappa shape index (κ1) is 14.9. The highest BCUT2D eigenvalue weighted by molar-refractivity contribution is 5.73. The van der Waals surface area contributed by atoms with Crippen molar-refractivity contribution in [2.24, 2.45) is 5.92 Å². The molecule has 0 aliphatic carbocycles. The monoisotopic (exact) mass is 323 g/mol. The van der Waals surface area contributed by atoms with Crippen molar-refractivity contribution in [3.63, 3.8) is 0 Å². The van der Waals surface area contributed by atoms with E-state index in [1.165, 1.54) is 5.56 Å². The molecule has 6 nitrogen and oxygen atoms in total. The zero-order valence-electron chi connectivity index (χ0n) is 13.9. The van der Waals surface area contributed by atoms with E-state index in [9.17, 15) is 0 Å². The van der Waals surface area contributed by atoms with Gasteiger partial charge >= 0.3 is 0 Å². The van der Waals surface area contributed by atoms with E-state index in [4.69, 9.17) is 4.74 Å². The highest BCUT2D eigenvalue weighted by atomic mass is 16.5. The number of fused-ring (bicyclic) bond motifs is 1. The molecule has 124 valence electrons. The van der Waals surface area contributed by atoms with Gasteiger partial charge in [0.05, 0.1) is 19.5 Å². The second-order valence-corrected chi connectivity index (χ2v) is 6.40. The maximum atomic E-state index is 5.35. The van der Waals surface area contributed by atoms with Gasteiger partial charge in [-0.25, -0.2) is 9.97 Å². The number of methoxy groups -OCH3 is 1. The Morgan fingerprint density at radius 1 is 1.33 bits per heavy atom. The lowest BCUT2D eigenvalue weighted by molar-refractivity contribution is 0.412. The molecular weight excluding hydrogens is 302 g/mol. The first-order valence-corrected chi connectivity index (χ1v) is 8.29. The fourth-order valence-electron chi connectivity index (χ4n) is 3.46. The standard InChI is InChI=1S/C18H21N5O/c1-12(13-4-3-5-15(8-13)24-2)14-6-7-23(11-14)18-19-9-17-16(21-18)10-20-22-17/h3-5,8-10,12,14H,6-7,11H2,1-2H3,(H,20,22). The summed E-state index contributed by atoms with van der Waals surface area (Å²) in [7, 11) is 1.71.